The van der Waals surface area contributed by atoms with Crippen LogP contribution < -0.4 is 10.1 Å². The quantitative estimate of drug-likeness (QED) is 0.757. The zero-order valence-corrected chi connectivity index (χ0v) is 18.3. The summed E-state index contributed by atoms with van der Waals surface area (Å²) in [7, 11) is -2.12. The molecule has 1 atom stereocenters. The van der Waals surface area contributed by atoms with Crippen LogP contribution in [0.2, 0.25) is 0 Å². The normalized spacial score (nSPS) is 22.5. The Labute approximate surface area is 181 Å². The summed E-state index contributed by atoms with van der Waals surface area (Å²) in [6, 6.07) is 5.14. The largest absolute Gasteiger partial charge is 0.497 e. The number of amides is 1. The van der Waals surface area contributed by atoms with Crippen molar-refractivity contribution in [1.82, 2.24) is 20.0 Å². The summed E-state index contributed by atoms with van der Waals surface area (Å²) >= 11 is 0. The highest BCUT2D eigenvalue weighted by Gasteiger charge is 2.38. The smallest absolute Gasteiger partial charge is 0.274 e. The Morgan fingerprint density at radius 1 is 1.29 bits per heavy atom. The standard InChI is InChI=1S/C21H26N4O5S/c1-29-15-4-5-16-18(11-15)31(27,28)13-17-19(21(26)24-7-9-30-10-8-24)23-25(20(16)17)14-3-2-6-22-12-14/h4-5,11,14,22H,2-3,6-10,12-13H2,1H3. The first-order valence-electron chi connectivity index (χ1n) is 10.6. The van der Waals surface area contributed by atoms with Gasteiger partial charge in [0.2, 0.25) is 0 Å². The maximum atomic E-state index is 13.4. The first-order valence-corrected chi connectivity index (χ1v) is 12.2. The van der Waals surface area contributed by atoms with Gasteiger partial charge in [-0.3, -0.25) is 9.48 Å². The van der Waals surface area contributed by atoms with E-state index in [1.54, 1.807) is 23.1 Å². The van der Waals surface area contributed by atoms with E-state index in [9.17, 15) is 13.2 Å². The second kappa shape index (κ2) is 7.92. The fraction of sp³-hybridized carbons (Fsp3) is 0.524. The van der Waals surface area contributed by atoms with Crippen LogP contribution in [0.3, 0.4) is 0 Å². The molecule has 2 saturated heterocycles. The molecular weight excluding hydrogens is 420 g/mol. The van der Waals surface area contributed by atoms with E-state index < -0.39 is 9.84 Å². The molecule has 9 nitrogen and oxygen atoms in total. The van der Waals surface area contributed by atoms with Crippen molar-refractivity contribution in [3.8, 4) is 17.0 Å². The van der Waals surface area contributed by atoms with Gasteiger partial charge >= 0.3 is 0 Å². The Morgan fingerprint density at radius 3 is 2.81 bits per heavy atom. The maximum Gasteiger partial charge on any atom is 0.274 e. The first kappa shape index (κ1) is 20.5. The number of fused-ring (bicyclic) bond motifs is 3. The average molecular weight is 447 g/mol. The lowest BCUT2D eigenvalue weighted by Gasteiger charge is -2.27. The van der Waals surface area contributed by atoms with Crippen LogP contribution in [-0.4, -0.2) is 75.5 Å². The van der Waals surface area contributed by atoms with Crippen LogP contribution in [0.5, 0.6) is 5.75 Å². The summed E-state index contributed by atoms with van der Waals surface area (Å²) in [4.78, 5) is 15.3. The zero-order valence-electron chi connectivity index (χ0n) is 17.5. The van der Waals surface area contributed by atoms with Crippen molar-refractivity contribution in [3.05, 3.63) is 29.5 Å². The van der Waals surface area contributed by atoms with Crippen molar-refractivity contribution >= 4 is 15.7 Å². The van der Waals surface area contributed by atoms with E-state index in [1.165, 1.54) is 7.11 Å². The number of ether oxygens (including phenoxy) is 2. The van der Waals surface area contributed by atoms with Gasteiger partial charge in [-0.1, -0.05) is 0 Å². The molecule has 3 aliphatic heterocycles. The number of carbonyl (C=O) groups is 1. The fourth-order valence-electron chi connectivity index (χ4n) is 4.64. The van der Waals surface area contributed by atoms with Gasteiger partial charge in [-0.05, 0) is 37.6 Å². The van der Waals surface area contributed by atoms with E-state index in [1.807, 2.05) is 4.68 Å². The number of carbonyl (C=O) groups excluding carboxylic acids is 1. The third-order valence-corrected chi connectivity index (χ3v) is 7.92. The molecule has 0 radical (unpaired) electrons. The van der Waals surface area contributed by atoms with Crippen molar-refractivity contribution in [3.63, 3.8) is 0 Å². The molecule has 1 amide bonds. The average Bonchev–Trinajstić information content (AvgIpc) is 3.18. The molecule has 5 rings (SSSR count). The highest BCUT2D eigenvalue weighted by Crippen LogP contribution is 2.42. The van der Waals surface area contributed by atoms with Gasteiger partial charge < -0.3 is 19.7 Å². The Bertz CT molecular complexity index is 1120. The van der Waals surface area contributed by atoms with Crippen LogP contribution in [-0.2, 0) is 20.3 Å². The van der Waals surface area contributed by atoms with Gasteiger partial charge in [0.15, 0.2) is 15.5 Å². The Balaban J connectivity index is 1.69. The van der Waals surface area contributed by atoms with E-state index in [4.69, 9.17) is 14.6 Å². The molecule has 0 aliphatic carbocycles. The van der Waals surface area contributed by atoms with Gasteiger partial charge in [-0.25, -0.2) is 8.42 Å². The number of benzene rings is 1. The van der Waals surface area contributed by atoms with Crippen molar-refractivity contribution in [1.29, 1.82) is 0 Å². The molecule has 1 N–H and O–H groups in total. The minimum Gasteiger partial charge on any atom is -0.497 e. The number of sulfone groups is 1. The maximum absolute atomic E-state index is 13.4. The molecule has 1 aromatic heterocycles. The highest BCUT2D eigenvalue weighted by atomic mass is 32.2. The molecule has 0 spiro atoms. The lowest BCUT2D eigenvalue weighted by molar-refractivity contribution is 0.0297. The van der Waals surface area contributed by atoms with Gasteiger partial charge in [0.1, 0.15) is 5.75 Å². The zero-order chi connectivity index (χ0) is 21.6. The number of rotatable bonds is 3. The number of methoxy groups -OCH3 is 1. The summed E-state index contributed by atoms with van der Waals surface area (Å²) in [5.74, 6) is 0.0173. The van der Waals surface area contributed by atoms with Crippen molar-refractivity contribution in [2.24, 2.45) is 0 Å². The van der Waals surface area contributed by atoms with Crippen LogP contribution in [0.25, 0.3) is 11.3 Å². The van der Waals surface area contributed by atoms with Crippen LogP contribution in [0.1, 0.15) is 34.9 Å². The van der Waals surface area contributed by atoms with Crippen molar-refractivity contribution in [2.45, 2.75) is 29.5 Å². The molecular formula is C21H26N4O5S. The number of nitrogens with one attached hydrogen (secondary N) is 1. The molecule has 2 aromatic rings. The molecule has 0 bridgehead atoms. The second-order valence-electron chi connectivity index (χ2n) is 8.15. The molecule has 10 heteroatoms. The topological polar surface area (TPSA) is 103 Å². The van der Waals surface area contributed by atoms with Crippen molar-refractivity contribution in [2.75, 3.05) is 46.5 Å². The van der Waals surface area contributed by atoms with E-state index in [2.05, 4.69) is 5.32 Å². The minimum absolute atomic E-state index is 0.0597. The SMILES string of the molecule is COc1ccc2c(c1)S(=O)(=O)Cc1c(C(=O)N3CCOCC3)nn(C3CCCNC3)c1-2. The number of morpholine rings is 1. The molecule has 1 unspecified atom stereocenters. The van der Waals surface area contributed by atoms with E-state index >= 15 is 0 Å². The Hall–Kier alpha value is -2.43. The monoisotopic (exact) mass is 446 g/mol. The number of hydrogen-bond acceptors (Lipinski definition) is 7. The van der Waals surface area contributed by atoms with Gasteiger partial charge in [-0.15, -0.1) is 0 Å². The van der Waals surface area contributed by atoms with Gasteiger partial charge in [0.05, 0.1) is 42.7 Å². The van der Waals surface area contributed by atoms with E-state index in [0.717, 1.165) is 31.6 Å². The third kappa shape index (κ3) is 3.52. The Kier molecular flexibility index (Phi) is 5.23. The van der Waals surface area contributed by atoms with E-state index in [0.29, 0.717) is 43.2 Å². The number of piperidine rings is 1. The van der Waals surface area contributed by atoms with Gasteiger partial charge in [-0.2, -0.15) is 5.10 Å². The van der Waals surface area contributed by atoms with Crippen LogP contribution >= 0.6 is 0 Å². The van der Waals surface area contributed by atoms with Crippen LogP contribution in [0, 0.1) is 0 Å². The predicted molar refractivity (Wildman–Crippen MR) is 113 cm³/mol. The van der Waals surface area contributed by atoms with Gasteiger partial charge in [0.25, 0.3) is 5.91 Å². The molecule has 31 heavy (non-hydrogen) atoms. The third-order valence-electron chi connectivity index (χ3n) is 6.24. The van der Waals surface area contributed by atoms with E-state index in [-0.39, 0.29) is 28.3 Å². The highest BCUT2D eigenvalue weighted by molar-refractivity contribution is 7.90. The minimum atomic E-state index is -3.64. The first-order chi connectivity index (χ1) is 15.0. The van der Waals surface area contributed by atoms with Crippen molar-refractivity contribution < 1.29 is 22.7 Å². The lowest BCUT2D eigenvalue weighted by Crippen LogP contribution is -2.41. The molecule has 3 aliphatic rings. The summed E-state index contributed by atoms with van der Waals surface area (Å²) in [6.07, 6.45) is 1.92. The fourth-order valence-corrected chi connectivity index (χ4v) is 6.24. The summed E-state index contributed by atoms with van der Waals surface area (Å²) in [5, 5.41) is 8.14. The summed E-state index contributed by atoms with van der Waals surface area (Å²) in [5.41, 5.74) is 2.06. The Morgan fingerprint density at radius 2 is 2.10 bits per heavy atom. The van der Waals surface area contributed by atoms with Gasteiger partial charge in [0, 0.05) is 30.8 Å². The molecule has 1 aromatic carbocycles. The number of aromatic nitrogens is 2. The lowest BCUT2D eigenvalue weighted by atomic mass is 10.0. The van der Waals surface area contributed by atoms with Crippen LogP contribution in [0.15, 0.2) is 23.1 Å². The molecule has 0 saturated carbocycles. The van der Waals surface area contributed by atoms with Crippen LogP contribution in [0.4, 0.5) is 0 Å². The number of nitrogens with zero attached hydrogens (tertiary/aromatic N) is 3. The number of hydrogen-bond donors (Lipinski definition) is 1. The summed E-state index contributed by atoms with van der Waals surface area (Å²) in [6.45, 7) is 3.58. The molecule has 4 heterocycles. The predicted octanol–water partition coefficient (Wildman–Crippen LogP) is 1.24. The molecule has 2 fully saturated rings. The summed E-state index contributed by atoms with van der Waals surface area (Å²) < 4.78 is 38.9. The molecule has 166 valence electrons. The second-order valence-corrected chi connectivity index (χ2v) is 10.1.